The number of alkyl halides is 3. The van der Waals surface area contributed by atoms with E-state index < -0.39 is 42.4 Å². The van der Waals surface area contributed by atoms with Crippen LogP contribution >= 0.6 is 0 Å². The molecule has 7 nitrogen and oxygen atoms in total. The number of aromatic nitrogens is 3. The number of pyridine rings is 1. The Bertz CT molecular complexity index is 1090. The number of imidazole rings is 1. The van der Waals surface area contributed by atoms with Crippen molar-refractivity contribution < 1.29 is 37.7 Å². The standard InChI is InChI=1S/C22H21F4N3O4/c23-15-5-3-13(4-6-15)20-19(14-2-1-8-27-12-14)28-21(22(24,25)26)29(20)9-7-16(30)10-17(31)11-18(32)33/h1-6,8,12,16-17,30-31H,7,9-11H2,(H,32,33)/p-1/t16-,17-/m1/s1. The highest BCUT2D eigenvalue weighted by Crippen LogP contribution is 2.38. The predicted molar refractivity (Wildman–Crippen MR) is 107 cm³/mol. The number of benzene rings is 1. The molecule has 11 heteroatoms. The van der Waals surface area contributed by atoms with Gasteiger partial charge >= 0.3 is 6.18 Å². The number of aliphatic hydroxyl groups excluding tert-OH is 2. The van der Waals surface area contributed by atoms with E-state index in [1.807, 2.05) is 0 Å². The molecule has 0 aliphatic rings. The zero-order valence-corrected chi connectivity index (χ0v) is 17.2. The van der Waals surface area contributed by atoms with Crippen molar-refractivity contribution in [3.8, 4) is 22.5 Å². The van der Waals surface area contributed by atoms with E-state index in [2.05, 4.69) is 9.97 Å². The Balaban J connectivity index is 2.04. The van der Waals surface area contributed by atoms with Crippen molar-refractivity contribution in [2.24, 2.45) is 0 Å². The summed E-state index contributed by atoms with van der Waals surface area (Å²) in [5, 5.41) is 30.4. The van der Waals surface area contributed by atoms with Crippen LogP contribution in [0.25, 0.3) is 22.5 Å². The molecule has 0 spiro atoms. The second-order valence-corrected chi connectivity index (χ2v) is 7.44. The second kappa shape index (κ2) is 10.1. The molecule has 0 aliphatic carbocycles. The van der Waals surface area contributed by atoms with Gasteiger partial charge in [0.2, 0.25) is 5.82 Å². The highest BCUT2D eigenvalue weighted by Gasteiger charge is 2.39. The lowest BCUT2D eigenvalue weighted by Gasteiger charge is -2.19. The topological polar surface area (TPSA) is 111 Å². The van der Waals surface area contributed by atoms with E-state index in [1.54, 1.807) is 6.07 Å². The fraction of sp³-hybridized carbons (Fsp3) is 0.318. The number of halogens is 4. The van der Waals surface area contributed by atoms with Gasteiger partial charge < -0.3 is 24.7 Å². The van der Waals surface area contributed by atoms with Crippen LogP contribution in [0.15, 0.2) is 48.8 Å². The summed E-state index contributed by atoms with van der Waals surface area (Å²) in [5.41, 5.74) is 0.613. The number of carboxylic acid groups (broad SMARTS) is 1. The van der Waals surface area contributed by atoms with Crippen molar-refractivity contribution in [2.75, 3.05) is 0 Å². The van der Waals surface area contributed by atoms with Crippen LogP contribution in [0.1, 0.15) is 25.1 Å². The fourth-order valence-corrected chi connectivity index (χ4v) is 3.48. The van der Waals surface area contributed by atoms with Crippen LogP contribution < -0.4 is 5.11 Å². The first-order chi connectivity index (χ1) is 15.6. The average Bonchev–Trinajstić information content (AvgIpc) is 3.13. The Kier molecular flexibility index (Phi) is 7.44. The molecule has 0 unspecified atom stereocenters. The van der Waals surface area contributed by atoms with Crippen LogP contribution in [0.3, 0.4) is 0 Å². The highest BCUT2D eigenvalue weighted by atomic mass is 19.4. The van der Waals surface area contributed by atoms with Gasteiger partial charge in [-0.05, 0) is 49.2 Å². The number of carbonyl (C=O) groups is 1. The number of hydrogen-bond acceptors (Lipinski definition) is 6. The Labute approximate surface area is 186 Å². The van der Waals surface area contributed by atoms with Gasteiger partial charge in [0.1, 0.15) is 5.82 Å². The summed E-state index contributed by atoms with van der Waals surface area (Å²) >= 11 is 0. The molecule has 0 bridgehead atoms. The highest BCUT2D eigenvalue weighted by molar-refractivity contribution is 5.78. The maximum absolute atomic E-state index is 13.9. The summed E-state index contributed by atoms with van der Waals surface area (Å²) in [6.45, 7) is -0.353. The zero-order valence-electron chi connectivity index (χ0n) is 17.2. The van der Waals surface area contributed by atoms with Gasteiger partial charge in [-0.3, -0.25) is 4.98 Å². The van der Waals surface area contributed by atoms with Crippen LogP contribution in [0.5, 0.6) is 0 Å². The summed E-state index contributed by atoms with van der Waals surface area (Å²) in [6.07, 6.45) is -6.02. The number of aliphatic carboxylic acids is 1. The molecule has 2 atom stereocenters. The van der Waals surface area contributed by atoms with E-state index in [0.29, 0.717) is 5.56 Å². The van der Waals surface area contributed by atoms with Gasteiger partial charge in [0, 0.05) is 42.5 Å². The van der Waals surface area contributed by atoms with Crippen molar-refractivity contribution in [1.29, 1.82) is 0 Å². The van der Waals surface area contributed by atoms with Crippen LogP contribution in [0, 0.1) is 5.82 Å². The molecule has 2 aromatic heterocycles. The Hall–Kier alpha value is -3.31. The summed E-state index contributed by atoms with van der Waals surface area (Å²) in [7, 11) is 0. The monoisotopic (exact) mass is 466 g/mol. The molecule has 1 aromatic carbocycles. The minimum Gasteiger partial charge on any atom is -0.550 e. The van der Waals surface area contributed by atoms with E-state index in [-0.39, 0.29) is 36.3 Å². The molecule has 0 amide bonds. The first-order valence-electron chi connectivity index (χ1n) is 9.96. The summed E-state index contributed by atoms with van der Waals surface area (Å²) < 4.78 is 56.0. The second-order valence-electron chi connectivity index (χ2n) is 7.44. The lowest BCUT2D eigenvalue weighted by atomic mass is 10.0. The molecule has 3 rings (SSSR count). The van der Waals surface area contributed by atoms with Crippen molar-refractivity contribution in [3.05, 3.63) is 60.4 Å². The maximum Gasteiger partial charge on any atom is 0.449 e. The molecule has 2 heterocycles. The number of aliphatic hydroxyl groups is 2. The number of nitrogens with zero attached hydrogens (tertiary/aromatic N) is 3. The van der Waals surface area contributed by atoms with Crippen LogP contribution in [-0.4, -0.2) is 42.9 Å². The van der Waals surface area contributed by atoms with E-state index in [0.717, 1.165) is 16.7 Å². The molecule has 0 saturated heterocycles. The number of rotatable bonds is 9. The minimum atomic E-state index is -4.84. The molecular weight excluding hydrogens is 446 g/mol. The largest absolute Gasteiger partial charge is 0.550 e. The van der Waals surface area contributed by atoms with Crippen molar-refractivity contribution in [1.82, 2.24) is 14.5 Å². The zero-order chi connectivity index (χ0) is 24.2. The molecule has 0 saturated carbocycles. The molecule has 3 aromatic rings. The van der Waals surface area contributed by atoms with E-state index in [1.165, 1.54) is 30.6 Å². The van der Waals surface area contributed by atoms with Gasteiger partial charge in [-0.2, -0.15) is 13.2 Å². The van der Waals surface area contributed by atoms with Crippen LogP contribution in [-0.2, 0) is 17.5 Å². The lowest BCUT2D eigenvalue weighted by Crippen LogP contribution is -2.30. The summed E-state index contributed by atoms with van der Waals surface area (Å²) in [5.74, 6) is -3.30. The van der Waals surface area contributed by atoms with E-state index >= 15 is 0 Å². The maximum atomic E-state index is 13.9. The van der Waals surface area contributed by atoms with E-state index in [9.17, 15) is 37.7 Å². The number of hydrogen-bond donors (Lipinski definition) is 2. The van der Waals surface area contributed by atoms with Gasteiger partial charge in [0.25, 0.3) is 0 Å². The molecule has 176 valence electrons. The third-order valence-electron chi connectivity index (χ3n) is 4.91. The van der Waals surface area contributed by atoms with Gasteiger partial charge in [0.15, 0.2) is 0 Å². The van der Waals surface area contributed by atoms with E-state index in [4.69, 9.17) is 0 Å². The number of carboxylic acids is 1. The molecule has 33 heavy (non-hydrogen) atoms. The van der Waals surface area contributed by atoms with Crippen molar-refractivity contribution >= 4 is 5.97 Å². The Morgan fingerprint density at radius 3 is 2.36 bits per heavy atom. The quantitative estimate of drug-likeness (QED) is 0.469. The smallest absolute Gasteiger partial charge is 0.449 e. The molecule has 0 aliphatic heterocycles. The molecule has 0 radical (unpaired) electrons. The number of carbonyl (C=O) groups excluding carboxylic acids is 1. The van der Waals surface area contributed by atoms with Gasteiger partial charge in [-0.1, -0.05) is 0 Å². The Morgan fingerprint density at radius 1 is 1.09 bits per heavy atom. The first kappa shape index (κ1) is 24.3. The normalized spacial score (nSPS) is 13.6. The fourth-order valence-electron chi connectivity index (χ4n) is 3.48. The molecule has 2 N–H and O–H groups in total. The third-order valence-corrected chi connectivity index (χ3v) is 4.91. The third kappa shape index (κ3) is 6.14. The first-order valence-corrected chi connectivity index (χ1v) is 9.96. The molecular formula is C22H20F4N3O4-. The Morgan fingerprint density at radius 2 is 1.79 bits per heavy atom. The SMILES string of the molecule is O=C([O-])C[C@H](O)C[C@H](O)CCn1c(C(F)(F)F)nc(-c2cccnc2)c1-c1ccc(F)cc1. The van der Waals surface area contributed by atoms with Crippen LogP contribution in [0.2, 0.25) is 0 Å². The van der Waals surface area contributed by atoms with Crippen molar-refractivity contribution in [3.63, 3.8) is 0 Å². The lowest BCUT2D eigenvalue weighted by molar-refractivity contribution is -0.307. The summed E-state index contributed by atoms with van der Waals surface area (Å²) in [6, 6.07) is 7.94. The van der Waals surface area contributed by atoms with Crippen LogP contribution in [0.4, 0.5) is 17.6 Å². The van der Waals surface area contributed by atoms with Crippen molar-refractivity contribution in [2.45, 2.75) is 44.2 Å². The van der Waals surface area contributed by atoms with Gasteiger partial charge in [-0.25, -0.2) is 9.37 Å². The minimum absolute atomic E-state index is 0.0199. The van der Waals surface area contributed by atoms with Gasteiger partial charge in [-0.15, -0.1) is 0 Å². The predicted octanol–water partition coefficient (Wildman–Crippen LogP) is 2.41. The molecule has 0 fully saturated rings. The van der Waals surface area contributed by atoms with Gasteiger partial charge in [0.05, 0.1) is 23.6 Å². The average molecular weight is 466 g/mol. The summed E-state index contributed by atoms with van der Waals surface area (Å²) in [4.78, 5) is 18.3.